The minimum atomic E-state index is -0.310. The molecule has 0 bridgehead atoms. The van der Waals surface area contributed by atoms with Crippen LogP contribution in [0.15, 0.2) is 66.0 Å². The van der Waals surface area contributed by atoms with Crippen LogP contribution in [0.25, 0.3) is 0 Å². The van der Waals surface area contributed by atoms with Crippen molar-refractivity contribution in [2.45, 2.75) is 25.9 Å². The van der Waals surface area contributed by atoms with Crippen LogP contribution in [-0.2, 0) is 29.1 Å². The van der Waals surface area contributed by atoms with Crippen molar-refractivity contribution in [3.8, 4) is 0 Å². The molecule has 2 aliphatic rings. The Balaban J connectivity index is 1.18. The first-order chi connectivity index (χ1) is 15.2. The van der Waals surface area contributed by atoms with Gasteiger partial charge in [-0.3, -0.25) is 9.59 Å². The normalized spacial score (nSPS) is 18.2. The molecule has 2 amide bonds. The number of hydrogen-bond donors (Lipinski definition) is 1. The van der Waals surface area contributed by atoms with Crippen LogP contribution < -0.4 is 10.2 Å². The third-order valence-electron chi connectivity index (χ3n) is 6.11. The minimum Gasteiger partial charge on any atom is -0.367 e. The average Bonchev–Trinajstić information content (AvgIpc) is 3.41. The summed E-state index contributed by atoms with van der Waals surface area (Å²) < 4.78 is 0. The minimum absolute atomic E-state index is 0.0391. The molecule has 158 valence electrons. The molecule has 0 aliphatic carbocycles. The SMILES string of the molecule is O=C(Nc1ccc(N2CCc3sccc3C2)cc1)C1CC(=O)N(Cc2ccccc2)C1. The van der Waals surface area contributed by atoms with Gasteiger partial charge in [0, 0.05) is 48.9 Å². The predicted molar refractivity (Wildman–Crippen MR) is 124 cm³/mol. The van der Waals surface area contributed by atoms with Crippen molar-refractivity contribution in [2.24, 2.45) is 5.92 Å². The topological polar surface area (TPSA) is 52.7 Å². The molecule has 3 aromatic rings. The zero-order chi connectivity index (χ0) is 21.2. The van der Waals surface area contributed by atoms with E-state index in [0.717, 1.165) is 30.8 Å². The zero-order valence-electron chi connectivity index (χ0n) is 17.3. The summed E-state index contributed by atoms with van der Waals surface area (Å²) in [6, 6.07) is 20.1. The van der Waals surface area contributed by atoms with Crippen LogP contribution >= 0.6 is 11.3 Å². The molecule has 1 aromatic heterocycles. The Morgan fingerprint density at radius 1 is 1.06 bits per heavy atom. The molecule has 5 nitrogen and oxygen atoms in total. The first-order valence-electron chi connectivity index (χ1n) is 10.7. The average molecular weight is 432 g/mol. The van der Waals surface area contributed by atoms with Crippen molar-refractivity contribution < 1.29 is 9.59 Å². The molecule has 1 N–H and O–H groups in total. The van der Waals surface area contributed by atoms with Crippen molar-refractivity contribution in [3.63, 3.8) is 0 Å². The highest BCUT2D eigenvalue weighted by atomic mass is 32.1. The molecule has 1 atom stereocenters. The van der Waals surface area contributed by atoms with E-state index in [0.29, 0.717) is 13.1 Å². The Morgan fingerprint density at radius 3 is 2.68 bits per heavy atom. The Hall–Kier alpha value is -3.12. The standard InChI is InChI=1S/C25H25N3O2S/c29-24-14-20(17-28(24)15-18-4-2-1-3-5-18)25(30)26-21-6-8-22(9-7-21)27-12-10-23-19(16-27)11-13-31-23/h1-9,11,13,20H,10,12,14-17H2,(H,26,30). The smallest absolute Gasteiger partial charge is 0.229 e. The van der Waals surface area contributed by atoms with Crippen LogP contribution in [0, 0.1) is 5.92 Å². The van der Waals surface area contributed by atoms with Crippen molar-refractivity contribution in [2.75, 3.05) is 23.3 Å². The third kappa shape index (κ3) is 4.35. The lowest BCUT2D eigenvalue weighted by atomic mass is 10.1. The number of nitrogens with zero attached hydrogens (tertiary/aromatic N) is 2. The Labute approximate surface area is 186 Å². The molecular weight excluding hydrogens is 406 g/mol. The van der Waals surface area contributed by atoms with Crippen LogP contribution in [0.4, 0.5) is 11.4 Å². The van der Waals surface area contributed by atoms with Gasteiger partial charge in [-0.2, -0.15) is 0 Å². The molecule has 1 saturated heterocycles. The number of anilines is 2. The largest absolute Gasteiger partial charge is 0.367 e. The number of fused-ring (bicyclic) bond motifs is 1. The van der Waals surface area contributed by atoms with E-state index < -0.39 is 0 Å². The molecule has 6 heteroatoms. The lowest BCUT2D eigenvalue weighted by Crippen LogP contribution is -2.29. The number of nitrogens with one attached hydrogen (secondary N) is 1. The van der Waals surface area contributed by atoms with Gasteiger partial charge in [0.15, 0.2) is 0 Å². The van der Waals surface area contributed by atoms with Crippen LogP contribution in [0.1, 0.15) is 22.4 Å². The van der Waals surface area contributed by atoms with Crippen molar-refractivity contribution in [3.05, 3.63) is 82.0 Å². The number of hydrogen-bond acceptors (Lipinski definition) is 4. The summed E-state index contributed by atoms with van der Waals surface area (Å²) in [5.74, 6) is -0.357. The van der Waals surface area contributed by atoms with Crippen LogP contribution in [0.3, 0.4) is 0 Å². The predicted octanol–water partition coefficient (Wildman–Crippen LogP) is 4.30. The van der Waals surface area contributed by atoms with Crippen LogP contribution in [0.5, 0.6) is 0 Å². The van der Waals surface area contributed by atoms with E-state index in [4.69, 9.17) is 0 Å². The highest BCUT2D eigenvalue weighted by Gasteiger charge is 2.34. The lowest BCUT2D eigenvalue weighted by molar-refractivity contribution is -0.128. The second kappa shape index (κ2) is 8.55. The van der Waals surface area contributed by atoms with Gasteiger partial charge in [0.1, 0.15) is 0 Å². The summed E-state index contributed by atoms with van der Waals surface area (Å²) in [5, 5.41) is 5.16. The molecule has 31 heavy (non-hydrogen) atoms. The molecule has 2 aromatic carbocycles. The van der Waals surface area contributed by atoms with Gasteiger partial charge >= 0.3 is 0 Å². The van der Waals surface area contributed by atoms with Crippen LogP contribution in [-0.4, -0.2) is 29.8 Å². The summed E-state index contributed by atoms with van der Waals surface area (Å²) in [6.45, 7) is 2.97. The number of carbonyl (C=O) groups excluding carboxylic acids is 2. The number of benzene rings is 2. The van der Waals surface area contributed by atoms with Crippen molar-refractivity contribution in [1.29, 1.82) is 0 Å². The molecule has 2 aliphatic heterocycles. The summed E-state index contributed by atoms with van der Waals surface area (Å²) >= 11 is 1.84. The molecular formula is C25H25N3O2S. The Morgan fingerprint density at radius 2 is 1.87 bits per heavy atom. The first kappa shape index (κ1) is 19.8. The van der Waals surface area contributed by atoms with E-state index in [1.165, 1.54) is 16.1 Å². The van der Waals surface area contributed by atoms with E-state index in [9.17, 15) is 9.59 Å². The summed E-state index contributed by atoms with van der Waals surface area (Å²) in [7, 11) is 0. The van der Waals surface area contributed by atoms with Crippen LogP contribution in [0.2, 0.25) is 0 Å². The summed E-state index contributed by atoms with van der Waals surface area (Å²) in [4.78, 5) is 30.8. The number of carbonyl (C=O) groups is 2. The quantitative estimate of drug-likeness (QED) is 0.655. The Bertz CT molecular complexity index is 1080. The summed E-state index contributed by atoms with van der Waals surface area (Å²) in [5.41, 5.74) is 4.44. The van der Waals surface area contributed by atoms with Crippen molar-refractivity contribution >= 4 is 34.5 Å². The van der Waals surface area contributed by atoms with Gasteiger partial charge in [-0.05, 0) is 53.3 Å². The second-order valence-corrected chi connectivity index (χ2v) is 9.24. The molecule has 1 fully saturated rings. The van der Waals surface area contributed by atoms with Gasteiger partial charge in [-0.15, -0.1) is 11.3 Å². The zero-order valence-corrected chi connectivity index (χ0v) is 18.1. The maximum Gasteiger partial charge on any atom is 0.229 e. The van der Waals surface area contributed by atoms with Gasteiger partial charge in [-0.25, -0.2) is 0 Å². The fourth-order valence-corrected chi connectivity index (χ4v) is 5.26. The molecule has 1 unspecified atom stereocenters. The van der Waals surface area contributed by atoms with Gasteiger partial charge < -0.3 is 15.1 Å². The molecule has 0 radical (unpaired) electrons. The molecule has 5 rings (SSSR count). The maximum absolute atomic E-state index is 12.8. The molecule has 3 heterocycles. The van der Waals surface area contributed by atoms with E-state index >= 15 is 0 Å². The number of rotatable bonds is 5. The fraction of sp³-hybridized carbons (Fsp3) is 0.280. The monoisotopic (exact) mass is 431 g/mol. The van der Waals surface area contributed by atoms with E-state index in [2.05, 4.69) is 33.8 Å². The fourth-order valence-electron chi connectivity index (χ4n) is 4.37. The number of amides is 2. The van der Waals surface area contributed by atoms with E-state index in [1.54, 1.807) is 4.90 Å². The van der Waals surface area contributed by atoms with E-state index in [1.807, 2.05) is 53.8 Å². The number of thiophene rings is 1. The van der Waals surface area contributed by atoms with Gasteiger partial charge in [0.2, 0.25) is 11.8 Å². The number of likely N-dealkylation sites (tertiary alicyclic amines) is 1. The van der Waals surface area contributed by atoms with Gasteiger partial charge in [0.25, 0.3) is 0 Å². The first-order valence-corrected chi connectivity index (χ1v) is 11.6. The maximum atomic E-state index is 12.8. The third-order valence-corrected chi connectivity index (χ3v) is 7.13. The van der Waals surface area contributed by atoms with Gasteiger partial charge in [0.05, 0.1) is 5.92 Å². The molecule has 0 spiro atoms. The van der Waals surface area contributed by atoms with E-state index in [-0.39, 0.29) is 24.2 Å². The second-order valence-electron chi connectivity index (χ2n) is 8.24. The van der Waals surface area contributed by atoms with Gasteiger partial charge in [-0.1, -0.05) is 30.3 Å². The highest BCUT2D eigenvalue weighted by molar-refractivity contribution is 7.10. The summed E-state index contributed by atoms with van der Waals surface area (Å²) in [6.07, 6.45) is 1.36. The Kier molecular flexibility index (Phi) is 5.47. The lowest BCUT2D eigenvalue weighted by Gasteiger charge is -2.29. The molecule has 0 saturated carbocycles. The highest BCUT2D eigenvalue weighted by Crippen LogP contribution is 2.29. The van der Waals surface area contributed by atoms with Crippen molar-refractivity contribution in [1.82, 2.24) is 4.90 Å².